The Morgan fingerprint density at radius 1 is 1.38 bits per heavy atom. The topological polar surface area (TPSA) is 69.6 Å². The van der Waals surface area contributed by atoms with Gasteiger partial charge in [0.15, 0.2) is 11.5 Å². The van der Waals surface area contributed by atoms with Crippen molar-refractivity contribution in [2.45, 2.75) is 25.8 Å². The van der Waals surface area contributed by atoms with Crippen molar-refractivity contribution in [1.29, 1.82) is 0 Å². The number of amides is 1. The second-order valence-electron chi connectivity index (χ2n) is 4.42. The van der Waals surface area contributed by atoms with Crippen LogP contribution in [0.1, 0.15) is 30.1 Å². The molecule has 3 N–H and O–H groups in total. The second kappa shape index (κ2) is 4.04. The fourth-order valence-electron chi connectivity index (χ4n) is 2.00. The molecule has 1 amide bonds. The van der Waals surface area contributed by atoms with Crippen molar-refractivity contribution >= 4 is 5.91 Å². The Hall–Kier alpha value is -1.71. The molecule has 0 atom stereocenters. The summed E-state index contributed by atoms with van der Waals surface area (Å²) < 4.78 is 0. The lowest BCUT2D eigenvalue weighted by atomic mass is 9.82. The van der Waals surface area contributed by atoms with Crippen LogP contribution in [0.4, 0.5) is 0 Å². The lowest BCUT2D eigenvalue weighted by Gasteiger charge is -2.33. The van der Waals surface area contributed by atoms with Crippen LogP contribution >= 0.6 is 0 Å². The van der Waals surface area contributed by atoms with Crippen LogP contribution in [0.3, 0.4) is 0 Å². The number of para-hydroxylation sites is 1. The Balaban J connectivity index is 2.06. The van der Waals surface area contributed by atoms with Gasteiger partial charge in [0, 0.05) is 6.04 Å². The van der Waals surface area contributed by atoms with Crippen LogP contribution in [0.2, 0.25) is 0 Å². The number of carbonyl (C=O) groups excluding carboxylic acids is 1. The van der Waals surface area contributed by atoms with E-state index in [1.54, 1.807) is 0 Å². The molecule has 0 heterocycles. The minimum Gasteiger partial charge on any atom is -0.504 e. The van der Waals surface area contributed by atoms with Gasteiger partial charge >= 0.3 is 0 Å². The normalized spacial score (nSPS) is 23.6. The van der Waals surface area contributed by atoms with E-state index in [2.05, 4.69) is 12.2 Å². The third-order valence-corrected chi connectivity index (χ3v) is 2.97. The zero-order chi connectivity index (χ0) is 11.7. The predicted octanol–water partition coefficient (Wildman–Crippen LogP) is 1.63. The van der Waals surface area contributed by atoms with E-state index in [0.717, 1.165) is 12.8 Å². The van der Waals surface area contributed by atoms with Crippen molar-refractivity contribution in [1.82, 2.24) is 5.32 Å². The van der Waals surface area contributed by atoms with Crippen LogP contribution in [-0.2, 0) is 0 Å². The Bertz CT molecular complexity index is 411. The van der Waals surface area contributed by atoms with E-state index in [-0.39, 0.29) is 29.0 Å². The summed E-state index contributed by atoms with van der Waals surface area (Å²) in [6.07, 6.45) is 1.95. The molecular weight excluding hydrogens is 206 g/mol. The molecule has 1 aromatic rings. The first-order valence-electron chi connectivity index (χ1n) is 5.39. The van der Waals surface area contributed by atoms with Crippen LogP contribution in [0.25, 0.3) is 0 Å². The monoisotopic (exact) mass is 221 g/mol. The second-order valence-corrected chi connectivity index (χ2v) is 4.42. The third kappa shape index (κ3) is 1.96. The van der Waals surface area contributed by atoms with Crippen molar-refractivity contribution in [3.8, 4) is 11.5 Å². The van der Waals surface area contributed by atoms with Gasteiger partial charge in [-0.1, -0.05) is 13.0 Å². The van der Waals surface area contributed by atoms with Crippen LogP contribution in [0.15, 0.2) is 18.2 Å². The molecule has 0 saturated heterocycles. The van der Waals surface area contributed by atoms with Crippen LogP contribution in [-0.4, -0.2) is 22.2 Å². The lowest BCUT2D eigenvalue weighted by molar-refractivity contribution is 0.0892. The highest BCUT2D eigenvalue weighted by Gasteiger charge is 2.27. The van der Waals surface area contributed by atoms with E-state index in [1.807, 2.05) is 0 Å². The van der Waals surface area contributed by atoms with Gasteiger partial charge in [0.25, 0.3) is 5.91 Å². The molecule has 0 aliphatic heterocycles. The number of nitrogens with one attached hydrogen (secondary N) is 1. The Kier molecular flexibility index (Phi) is 2.73. The minimum atomic E-state index is -0.354. The van der Waals surface area contributed by atoms with Crippen molar-refractivity contribution in [2.24, 2.45) is 5.92 Å². The number of carbonyl (C=O) groups is 1. The summed E-state index contributed by atoms with van der Waals surface area (Å²) in [4.78, 5) is 11.7. The van der Waals surface area contributed by atoms with E-state index >= 15 is 0 Å². The molecule has 4 heteroatoms. The summed E-state index contributed by atoms with van der Waals surface area (Å²) in [7, 11) is 0. The molecular formula is C12H15NO3. The Labute approximate surface area is 93.9 Å². The average Bonchev–Trinajstić information content (AvgIpc) is 2.19. The van der Waals surface area contributed by atoms with Crippen LogP contribution < -0.4 is 5.32 Å². The predicted molar refractivity (Wildman–Crippen MR) is 59.4 cm³/mol. The molecule has 2 rings (SSSR count). The van der Waals surface area contributed by atoms with E-state index in [9.17, 15) is 15.0 Å². The van der Waals surface area contributed by atoms with Gasteiger partial charge in [0.1, 0.15) is 0 Å². The first-order chi connectivity index (χ1) is 7.58. The molecule has 0 radical (unpaired) electrons. The van der Waals surface area contributed by atoms with Crippen molar-refractivity contribution in [3.05, 3.63) is 23.8 Å². The number of phenols is 2. The molecule has 1 saturated carbocycles. The SMILES string of the molecule is CC1CC(NC(=O)c2cccc(O)c2O)C1. The van der Waals surface area contributed by atoms with Gasteiger partial charge in [-0.2, -0.15) is 0 Å². The first kappa shape index (κ1) is 10.8. The van der Waals surface area contributed by atoms with E-state index in [4.69, 9.17) is 0 Å². The van der Waals surface area contributed by atoms with Crippen LogP contribution in [0.5, 0.6) is 11.5 Å². The molecule has 1 aliphatic rings. The zero-order valence-electron chi connectivity index (χ0n) is 9.10. The quantitative estimate of drug-likeness (QED) is 0.665. The maximum absolute atomic E-state index is 11.7. The fourth-order valence-corrected chi connectivity index (χ4v) is 2.00. The van der Waals surface area contributed by atoms with Crippen molar-refractivity contribution in [2.75, 3.05) is 0 Å². The van der Waals surface area contributed by atoms with E-state index in [0.29, 0.717) is 5.92 Å². The summed E-state index contributed by atoms with van der Waals surface area (Å²) in [6, 6.07) is 4.57. The number of benzene rings is 1. The highest BCUT2D eigenvalue weighted by Crippen LogP contribution is 2.30. The third-order valence-electron chi connectivity index (χ3n) is 2.97. The summed E-state index contributed by atoms with van der Waals surface area (Å²) in [5.74, 6) is -0.296. The summed E-state index contributed by atoms with van der Waals surface area (Å²) >= 11 is 0. The van der Waals surface area contributed by atoms with Crippen molar-refractivity contribution < 1.29 is 15.0 Å². The summed E-state index contributed by atoms with van der Waals surface area (Å²) in [5, 5.41) is 21.6. The molecule has 0 aromatic heterocycles. The number of aromatic hydroxyl groups is 2. The highest BCUT2D eigenvalue weighted by molar-refractivity contribution is 5.97. The molecule has 0 unspecified atom stereocenters. The van der Waals surface area contributed by atoms with E-state index in [1.165, 1.54) is 18.2 Å². The molecule has 0 bridgehead atoms. The average molecular weight is 221 g/mol. The zero-order valence-corrected chi connectivity index (χ0v) is 9.10. The van der Waals surface area contributed by atoms with E-state index < -0.39 is 0 Å². The first-order valence-corrected chi connectivity index (χ1v) is 5.39. The maximum Gasteiger partial charge on any atom is 0.255 e. The van der Waals surface area contributed by atoms with Gasteiger partial charge in [-0.25, -0.2) is 0 Å². The van der Waals surface area contributed by atoms with Gasteiger partial charge in [0.05, 0.1) is 5.56 Å². The molecule has 1 aliphatic carbocycles. The molecule has 16 heavy (non-hydrogen) atoms. The van der Waals surface area contributed by atoms with Gasteiger partial charge in [-0.05, 0) is 30.9 Å². The summed E-state index contributed by atoms with van der Waals surface area (Å²) in [6.45, 7) is 2.13. The smallest absolute Gasteiger partial charge is 0.255 e. The molecule has 4 nitrogen and oxygen atoms in total. The molecule has 1 fully saturated rings. The van der Waals surface area contributed by atoms with Gasteiger partial charge in [0.2, 0.25) is 0 Å². The Morgan fingerprint density at radius 3 is 2.69 bits per heavy atom. The van der Waals surface area contributed by atoms with Gasteiger partial charge < -0.3 is 15.5 Å². The summed E-state index contributed by atoms with van der Waals surface area (Å²) in [5.41, 5.74) is 0.125. The lowest BCUT2D eigenvalue weighted by Crippen LogP contribution is -2.43. The highest BCUT2D eigenvalue weighted by atomic mass is 16.3. The Morgan fingerprint density at radius 2 is 2.06 bits per heavy atom. The van der Waals surface area contributed by atoms with Crippen molar-refractivity contribution in [3.63, 3.8) is 0 Å². The van der Waals surface area contributed by atoms with Gasteiger partial charge in [-0.3, -0.25) is 4.79 Å². The molecule has 1 aromatic carbocycles. The standard InChI is InChI=1S/C12H15NO3/c1-7-5-8(6-7)13-12(16)9-3-2-4-10(14)11(9)15/h2-4,7-8,14-15H,5-6H2,1H3,(H,13,16). The number of hydrogen-bond donors (Lipinski definition) is 3. The molecule has 0 spiro atoms. The van der Waals surface area contributed by atoms with Crippen LogP contribution in [0, 0.1) is 5.92 Å². The largest absolute Gasteiger partial charge is 0.504 e. The number of hydrogen-bond acceptors (Lipinski definition) is 3. The van der Waals surface area contributed by atoms with Gasteiger partial charge in [-0.15, -0.1) is 0 Å². The number of rotatable bonds is 2. The number of phenolic OH excluding ortho intramolecular Hbond substituents is 2. The fraction of sp³-hybridized carbons (Fsp3) is 0.417. The maximum atomic E-state index is 11.7. The minimum absolute atomic E-state index is 0.125. The molecule has 86 valence electrons.